The maximum absolute atomic E-state index is 5.29. The molecule has 0 fully saturated rings. The topological polar surface area (TPSA) is 12.0 Å². The largest absolute Gasteiger partial charge is 0.345 e. The van der Waals surface area contributed by atoms with Gasteiger partial charge in [-0.1, -0.05) is 0 Å². The molecule has 0 rings (SSSR count). The molecule has 0 heterocycles. The molecule has 0 spiro atoms. The predicted molar refractivity (Wildman–Crippen MR) is 28.9 cm³/mol. The van der Waals surface area contributed by atoms with Crippen LogP contribution >= 0.6 is 11.6 Å². The van der Waals surface area contributed by atoms with E-state index in [-0.39, 0.29) is 21.1 Å². The summed E-state index contributed by atoms with van der Waals surface area (Å²) in [7, 11) is 0. The van der Waals surface area contributed by atoms with Gasteiger partial charge in [-0.3, -0.25) is 0 Å². The SMILES string of the molecule is [CH2-]CNCCCl.[W]. The average molecular weight is 290 g/mol. The van der Waals surface area contributed by atoms with E-state index in [2.05, 4.69) is 12.2 Å². The molecule has 7 heavy (non-hydrogen) atoms. The van der Waals surface area contributed by atoms with E-state index in [9.17, 15) is 0 Å². The van der Waals surface area contributed by atoms with Crippen LogP contribution in [0.1, 0.15) is 0 Å². The van der Waals surface area contributed by atoms with Gasteiger partial charge in [0.2, 0.25) is 0 Å². The van der Waals surface area contributed by atoms with E-state index in [1.54, 1.807) is 0 Å². The fourth-order valence-electron chi connectivity index (χ4n) is 0.192. The second-order valence-electron chi connectivity index (χ2n) is 0.939. The molecule has 3 heteroatoms. The first-order chi connectivity index (χ1) is 2.91. The van der Waals surface area contributed by atoms with Crippen molar-refractivity contribution in [2.24, 2.45) is 0 Å². The van der Waals surface area contributed by atoms with Crippen molar-refractivity contribution in [3.05, 3.63) is 6.92 Å². The van der Waals surface area contributed by atoms with E-state index in [0.717, 1.165) is 13.1 Å². The Hall–Kier alpha value is 0.938. The van der Waals surface area contributed by atoms with Crippen LogP contribution in [-0.2, 0) is 21.1 Å². The van der Waals surface area contributed by atoms with Crippen LogP contribution in [0.4, 0.5) is 0 Å². The van der Waals surface area contributed by atoms with Crippen LogP contribution in [0.2, 0.25) is 0 Å². The van der Waals surface area contributed by atoms with Crippen LogP contribution in [0.3, 0.4) is 0 Å². The van der Waals surface area contributed by atoms with Crippen LogP contribution in [0.5, 0.6) is 0 Å². The van der Waals surface area contributed by atoms with Crippen molar-refractivity contribution in [2.45, 2.75) is 0 Å². The Morgan fingerprint density at radius 3 is 2.29 bits per heavy atom. The molecule has 0 aliphatic heterocycles. The molecule has 0 radical (unpaired) electrons. The third-order valence-corrected chi connectivity index (χ3v) is 0.637. The molecular weight excluding hydrogens is 281 g/mol. The smallest absolute Gasteiger partial charge is 0.0347 e. The first-order valence-electron chi connectivity index (χ1n) is 1.97. The third kappa shape index (κ3) is 10.9. The Morgan fingerprint density at radius 1 is 1.57 bits per heavy atom. The van der Waals surface area contributed by atoms with Crippen LogP contribution in [0, 0.1) is 6.92 Å². The van der Waals surface area contributed by atoms with Gasteiger partial charge in [0.25, 0.3) is 0 Å². The minimum atomic E-state index is 0. The van der Waals surface area contributed by atoms with Gasteiger partial charge in [0.05, 0.1) is 0 Å². The molecule has 0 saturated heterocycles. The second kappa shape index (κ2) is 10.0. The van der Waals surface area contributed by atoms with Crippen molar-refractivity contribution in [1.29, 1.82) is 0 Å². The van der Waals surface area contributed by atoms with Crippen molar-refractivity contribution in [3.63, 3.8) is 0 Å². The first kappa shape index (κ1) is 10.8. The quantitative estimate of drug-likeness (QED) is 0.457. The number of rotatable bonds is 3. The summed E-state index contributed by atoms with van der Waals surface area (Å²) in [5, 5.41) is 2.95. The fourth-order valence-corrected chi connectivity index (χ4v) is 0.325. The van der Waals surface area contributed by atoms with Crippen molar-refractivity contribution in [2.75, 3.05) is 19.0 Å². The molecule has 0 aliphatic rings. The predicted octanol–water partition coefficient (Wildman–Crippen LogP) is 0.646. The molecule has 1 N–H and O–H groups in total. The Kier molecular flexibility index (Phi) is 15.5. The van der Waals surface area contributed by atoms with E-state index >= 15 is 0 Å². The molecule has 0 aromatic heterocycles. The maximum Gasteiger partial charge on any atom is 0.0347 e. The summed E-state index contributed by atoms with van der Waals surface area (Å²) >= 11 is 5.29. The summed E-state index contributed by atoms with van der Waals surface area (Å²) in [6.45, 7) is 5.19. The number of hydrogen-bond donors (Lipinski definition) is 1. The van der Waals surface area contributed by atoms with E-state index < -0.39 is 0 Å². The summed E-state index contributed by atoms with van der Waals surface area (Å²) in [5.41, 5.74) is 0. The minimum Gasteiger partial charge on any atom is -0.345 e. The summed E-state index contributed by atoms with van der Waals surface area (Å²) < 4.78 is 0. The second-order valence-corrected chi connectivity index (χ2v) is 1.32. The summed E-state index contributed by atoms with van der Waals surface area (Å²) in [5.74, 6) is 0.676. The Balaban J connectivity index is 0. The molecule has 0 aromatic rings. The zero-order valence-electron chi connectivity index (χ0n) is 4.11. The van der Waals surface area contributed by atoms with E-state index in [0.29, 0.717) is 5.88 Å². The van der Waals surface area contributed by atoms with Gasteiger partial charge in [0.15, 0.2) is 0 Å². The van der Waals surface area contributed by atoms with Gasteiger partial charge in [-0.05, 0) is 0 Å². The number of nitrogens with one attached hydrogen (secondary N) is 1. The van der Waals surface area contributed by atoms with Gasteiger partial charge in [-0.25, -0.2) is 0 Å². The fraction of sp³-hybridized carbons (Fsp3) is 0.750. The van der Waals surface area contributed by atoms with Gasteiger partial charge < -0.3 is 12.2 Å². The van der Waals surface area contributed by atoms with Gasteiger partial charge in [0.1, 0.15) is 0 Å². The summed E-state index contributed by atoms with van der Waals surface area (Å²) in [4.78, 5) is 0. The minimum absolute atomic E-state index is 0. The molecule has 0 amide bonds. The molecule has 0 bridgehead atoms. The van der Waals surface area contributed by atoms with Gasteiger partial charge in [-0.2, -0.15) is 0 Å². The zero-order valence-corrected chi connectivity index (χ0v) is 7.80. The first-order valence-corrected chi connectivity index (χ1v) is 2.51. The van der Waals surface area contributed by atoms with E-state index in [1.807, 2.05) is 0 Å². The van der Waals surface area contributed by atoms with E-state index in [1.165, 1.54) is 0 Å². The monoisotopic (exact) mass is 290 g/mol. The molecule has 1 nitrogen and oxygen atoms in total. The van der Waals surface area contributed by atoms with Crippen molar-refractivity contribution < 1.29 is 21.1 Å². The molecular formula is C4H9ClNW-. The molecule has 0 atom stereocenters. The molecule has 0 aromatic carbocycles. The van der Waals surface area contributed by atoms with Gasteiger partial charge in [-0.15, -0.1) is 18.1 Å². The Morgan fingerprint density at radius 2 is 2.14 bits per heavy atom. The number of hydrogen-bond acceptors (Lipinski definition) is 1. The van der Waals surface area contributed by atoms with Gasteiger partial charge >= 0.3 is 0 Å². The molecule has 0 unspecified atom stereocenters. The standard InChI is InChI=1S/C4H9ClN.W/c1-2-6-4-3-5;/h6H,1-4H2;/q-1;. The van der Waals surface area contributed by atoms with Crippen molar-refractivity contribution >= 4 is 11.6 Å². The summed E-state index contributed by atoms with van der Waals surface area (Å²) in [6, 6.07) is 0. The molecule has 0 saturated carbocycles. The number of alkyl halides is 1. The van der Waals surface area contributed by atoms with Gasteiger partial charge in [0, 0.05) is 33.5 Å². The third-order valence-electron chi connectivity index (χ3n) is 0.448. The van der Waals surface area contributed by atoms with Crippen LogP contribution in [0.15, 0.2) is 0 Å². The maximum atomic E-state index is 5.29. The van der Waals surface area contributed by atoms with Crippen molar-refractivity contribution in [1.82, 2.24) is 5.32 Å². The van der Waals surface area contributed by atoms with E-state index in [4.69, 9.17) is 11.6 Å². The van der Waals surface area contributed by atoms with Crippen molar-refractivity contribution in [3.8, 4) is 0 Å². The van der Waals surface area contributed by atoms with Crippen LogP contribution in [0.25, 0.3) is 0 Å². The number of halogens is 1. The van der Waals surface area contributed by atoms with Crippen LogP contribution in [-0.4, -0.2) is 19.0 Å². The zero-order chi connectivity index (χ0) is 4.83. The normalized spacial score (nSPS) is 7.71. The van der Waals surface area contributed by atoms with Crippen LogP contribution < -0.4 is 5.32 Å². The summed E-state index contributed by atoms with van der Waals surface area (Å²) in [6.07, 6.45) is 0. The average Bonchev–Trinajstić information content (AvgIpc) is 1.61. The Labute approximate surface area is 64.1 Å². The molecule has 44 valence electrons. The molecule has 0 aliphatic carbocycles. The Bertz CT molecular complexity index is 23.7.